The molecule has 0 bridgehead atoms. The lowest BCUT2D eigenvalue weighted by molar-refractivity contribution is 0.721. The Morgan fingerprint density at radius 1 is 1.50 bits per heavy atom. The van der Waals surface area contributed by atoms with Crippen molar-refractivity contribution in [3.05, 3.63) is 45.9 Å². The van der Waals surface area contributed by atoms with Gasteiger partial charge in [0.15, 0.2) is 0 Å². The maximum Gasteiger partial charge on any atom is 0.260 e. The van der Waals surface area contributed by atoms with Crippen molar-refractivity contribution in [2.75, 3.05) is 0 Å². The fraction of sp³-hybridized carbons (Fsp3) is 0.231. The quantitative estimate of drug-likeness (QED) is 0.741. The Hall–Kier alpha value is -2.48. The molecule has 3 rings (SSSR count). The summed E-state index contributed by atoms with van der Waals surface area (Å²) in [6.45, 7) is 1.74. The molecule has 5 nitrogen and oxygen atoms in total. The first-order chi connectivity index (χ1) is 8.72. The van der Waals surface area contributed by atoms with Crippen molar-refractivity contribution < 1.29 is 0 Å². The normalized spacial score (nSPS) is 19.1. The average Bonchev–Trinajstić information content (AvgIpc) is 2.72. The first kappa shape index (κ1) is 10.7. The molecular weight excluding hydrogens is 228 g/mol. The molecule has 0 spiro atoms. The molecule has 1 aromatic heterocycles. The molecular formula is C13H10N4O. The minimum atomic E-state index is -0.178. The zero-order valence-corrected chi connectivity index (χ0v) is 9.79. The SMILES string of the molecule is Cc1nc2n(c(=O)c1CC#N)C1C=CC=CC1=N2. The Balaban J connectivity index is 2.25. The monoisotopic (exact) mass is 238 g/mol. The highest BCUT2D eigenvalue weighted by Crippen LogP contribution is 2.28. The third kappa shape index (κ3) is 1.36. The van der Waals surface area contributed by atoms with Crippen LogP contribution in [0.5, 0.6) is 0 Å². The summed E-state index contributed by atoms with van der Waals surface area (Å²) < 4.78 is 1.55. The standard InChI is InChI=1S/C13H10N4O/c1-8-9(6-7-14)12(18)17-11-5-3-2-4-10(11)16-13(17)15-8/h2-5,11H,6H2,1H3. The van der Waals surface area contributed by atoms with Gasteiger partial charge in [-0.3, -0.25) is 9.36 Å². The summed E-state index contributed by atoms with van der Waals surface area (Å²) in [5, 5.41) is 8.77. The second-order valence-corrected chi connectivity index (χ2v) is 4.21. The lowest BCUT2D eigenvalue weighted by Crippen LogP contribution is -2.29. The fourth-order valence-electron chi connectivity index (χ4n) is 2.23. The Kier molecular flexibility index (Phi) is 2.23. The van der Waals surface area contributed by atoms with Crippen molar-refractivity contribution in [2.45, 2.75) is 19.4 Å². The molecule has 0 aromatic carbocycles. The van der Waals surface area contributed by atoms with Crippen LogP contribution >= 0.6 is 0 Å². The van der Waals surface area contributed by atoms with Crippen LogP contribution in [0.2, 0.25) is 0 Å². The number of aryl methyl sites for hydroxylation is 1. The number of nitrogens with zero attached hydrogens (tertiary/aromatic N) is 4. The number of allylic oxidation sites excluding steroid dienone is 4. The highest BCUT2D eigenvalue weighted by molar-refractivity contribution is 6.03. The summed E-state index contributed by atoms with van der Waals surface area (Å²) in [6.07, 6.45) is 7.63. The Bertz CT molecular complexity index is 716. The number of rotatable bonds is 1. The molecule has 2 aliphatic rings. The fourth-order valence-corrected chi connectivity index (χ4v) is 2.23. The highest BCUT2D eigenvalue weighted by atomic mass is 16.1. The van der Waals surface area contributed by atoms with Crippen LogP contribution in [0.15, 0.2) is 34.1 Å². The molecule has 2 heterocycles. The number of aromatic nitrogens is 2. The molecule has 1 aliphatic heterocycles. The number of hydrogen-bond donors (Lipinski definition) is 0. The third-order valence-electron chi connectivity index (χ3n) is 3.13. The van der Waals surface area contributed by atoms with Gasteiger partial charge in [-0.1, -0.05) is 18.2 Å². The largest absolute Gasteiger partial charge is 0.269 e. The summed E-state index contributed by atoms with van der Waals surface area (Å²) in [4.78, 5) is 21.0. The molecule has 1 unspecified atom stereocenters. The maximum absolute atomic E-state index is 12.4. The number of nitriles is 1. The zero-order valence-electron chi connectivity index (χ0n) is 9.79. The molecule has 0 saturated carbocycles. The Labute approximate surface area is 103 Å². The van der Waals surface area contributed by atoms with Crippen molar-refractivity contribution in [3.8, 4) is 6.07 Å². The molecule has 0 amide bonds. The summed E-state index contributed by atoms with van der Waals surface area (Å²) in [6, 6.07) is 1.83. The summed E-state index contributed by atoms with van der Waals surface area (Å²) in [5.74, 6) is 0.426. The number of fused-ring (bicyclic) bond motifs is 3. The van der Waals surface area contributed by atoms with Gasteiger partial charge >= 0.3 is 0 Å². The van der Waals surface area contributed by atoms with Gasteiger partial charge in [-0.05, 0) is 13.0 Å². The predicted molar refractivity (Wildman–Crippen MR) is 67.0 cm³/mol. The molecule has 1 aromatic rings. The lowest BCUT2D eigenvalue weighted by atomic mass is 10.1. The molecule has 18 heavy (non-hydrogen) atoms. The lowest BCUT2D eigenvalue weighted by Gasteiger charge is -2.13. The molecule has 0 radical (unpaired) electrons. The summed E-state index contributed by atoms with van der Waals surface area (Å²) in [5.41, 5.74) is 1.70. The van der Waals surface area contributed by atoms with E-state index in [1.807, 2.05) is 30.4 Å². The smallest absolute Gasteiger partial charge is 0.260 e. The second kappa shape index (κ2) is 3.77. The van der Waals surface area contributed by atoms with Crippen molar-refractivity contribution in [1.82, 2.24) is 9.55 Å². The topological polar surface area (TPSA) is 71.0 Å². The Morgan fingerprint density at radius 3 is 3.11 bits per heavy atom. The van der Waals surface area contributed by atoms with Gasteiger partial charge in [-0.2, -0.15) is 5.26 Å². The average molecular weight is 238 g/mol. The van der Waals surface area contributed by atoms with E-state index < -0.39 is 0 Å². The minimum Gasteiger partial charge on any atom is -0.269 e. The minimum absolute atomic E-state index is 0.0829. The van der Waals surface area contributed by atoms with E-state index in [0.717, 1.165) is 5.71 Å². The molecule has 0 fully saturated rings. The van der Waals surface area contributed by atoms with Gasteiger partial charge in [-0.15, -0.1) is 0 Å². The number of hydrogen-bond acceptors (Lipinski definition) is 4. The third-order valence-corrected chi connectivity index (χ3v) is 3.13. The van der Waals surface area contributed by atoms with Crippen LogP contribution in [-0.4, -0.2) is 15.3 Å². The van der Waals surface area contributed by atoms with Gasteiger partial charge in [0.05, 0.1) is 29.5 Å². The van der Waals surface area contributed by atoms with Crippen molar-refractivity contribution >= 4 is 11.7 Å². The Morgan fingerprint density at radius 2 is 2.33 bits per heavy atom. The van der Waals surface area contributed by atoms with Crippen molar-refractivity contribution in [1.29, 1.82) is 5.26 Å². The van der Waals surface area contributed by atoms with Crippen molar-refractivity contribution in [3.63, 3.8) is 0 Å². The molecule has 0 N–H and O–H groups in total. The first-order valence-corrected chi connectivity index (χ1v) is 5.65. The van der Waals surface area contributed by atoms with Gasteiger partial charge < -0.3 is 0 Å². The second-order valence-electron chi connectivity index (χ2n) is 4.21. The van der Waals surface area contributed by atoms with Crippen LogP contribution in [0.1, 0.15) is 17.3 Å². The van der Waals surface area contributed by atoms with E-state index in [-0.39, 0.29) is 18.0 Å². The predicted octanol–water partition coefficient (Wildman–Crippen LogP) is 1.37. The molecule has 1 aliphatic carbocycles. The van der Waals surface area contributed by atoms with E-state index in [9.17, 15) is 4.79 Å². The van der Waals surface area contributed by atoms with Gasteiger partial charge in [0.2, 0.25) is 5.95 Å². The van der Waals surface area contributed by atoms with Crippen LogP contribution in [0, 0.1) is 18.3 Å². The zero-order chi connectivity index (χ0) is 12.7. The van der Waals surface area contributed by atoms with Crippen LogP contribution < -0.4 is 5.56 Å². The van der Waals surface area contributed by atoms with Gasteiger partial charge in [0.1, 0.15) is 6.04 Å². The summed E-state index contributed by atoms with van der Waals surface area (Å²) in [7, 11) is 0. The first-order valence-electron chi connectivity index (χ1n) is 5.65. The highest BCUT2D eigenvalue weighted by Gasteiger charge is 2.28. The van der Waals surface area contributed by atoms with Gasteiger partial charge in [0, 0.05) is 0 Å². The molecule has 5 heteroatoms. The summed E-state index contributed by atoms with van der Waals surface area (Å²) >= 11 is 0. The van der Waals surface area contributed by atoms with Crippen molar-refractivity contribution in [2.24, 2.45) is 4.99 Å². The van der Waals surface area contributed by atoms with Crippen LogP contribution in [0.4, 0.5) is 5.95 Å². The van der Waals surface area contributed by atoms with E-state index in [1.165, 1.54) is 0 Å². The maximum atomic E-state index is 12.4. The van der Waals surface area contributed by atoms with E-state index in [0.29, 0.717) is 17.2 Å². The molecule has 88 valence electrons. The van der Waals surface area contributed by atoms with Crippen LogP contribution in [-0.2, 0) is 6.42 Å². The van der Waals surface area contributed by atoms with Crippen LogP contribution in [0.25, 0.3) is 0 Å². The van der Waals surface area contributed by atoms with E-state index in [1.54, 1.807) is 11.5 Å². The molecule has 1 atom stereocenters. The van der Waals surface area contributed by atoms with Gasteiger partial charge in [-0.25, -0.2) is 9.98 Å². The van der Waals surface area contributed by atoms with Crippen LogP contribution in [0.3, 0.4) is 0 Å². The van der Waals surface area contributed by atoms with E-state index >= 15 is 0 Å². The number of aliphatic imine (C=N–C) groups is 1. The van der Waals surface area contributed by atoms with E-state index in [2.05, 4.69) is 9.98 Å². The molecule has 0 saturated heterocycles. The van der Waals surface area contributed by atoms with E-state index in [4.69, 9.17) is 5.26 Å². The van der Waals surface area contributed by atoms with Gasteiger partial charge in [0.25, 0.3) is 5.56 Å².